The molecule has 2 aromatic rings. The second-order valence-corrected chi connectivity index (χ2v) is 4.61. The van der Waals surface area contributed by atoms with Crippen LogP contribution < -0.4 is 5.73 Å². The van der Waals surface area contributed by atoms with E-state index in [2.05, 4.69) is 37.0 Å². The first-order chi connectivity index (χ1) is 8.09. The van der Waals surface area contributed by atoms with E-state index in [1.807, 2.05) is 17.8 Å². The summed E-state index contributed by atoms with van der Waals surface area (Å²) in [5.74, 6) is 0. The average Bonchev–Trinajstić information content (AvgIpc) is 2.70. The van der Waals surface area contributed by atoms with E-state index in [1.54, 1.807) is 6.33 Å². The van der Waals surface area contributed by atoms with E-state index in [1.165, 1.54) is 16.7 Å². The molecule has 1 unspecified atom stereocenters. The largest absolute Gasteiger partial charge is 0.336 e. The molecule has 0 radical (unpaired) electrons. The summed E-state index contributed by atoms with van der Waals surface area (Å²) in [4.78, 5) is 4.11. The van der Waals surface area contributed by atoms with Gasteiger partial charge in [0.15, 0.2) is 0 Å². The van der Waals surface area contributed by atoms with Gasteiger partial charge in [0.2, 0.25) is 0 Å². The van der Waals surface area contributed by atoms with E-state index < -0.39 is 0 Å². The maximum absolute atomic E-state index is 6.25. The lowest BCUT2D eigenvalue weighted by Gasteiger charge is -2.16. The summed E-state index contributed by atoms with van der Waals surface area (Å²) in [5.41, 5.74) is 11.3. The predicted molar refractivity (Wildman–Crippen MR) is 69.8 cm³/mol. The Morgan fingerprint density at radius 2 is 1.94 bits per heavy atom. The molecule has 1 aromatic heterocycles. The van der Waals surface area contributed by atoms with Crippen LogP contribution in [0.1, 0.15) is 28.4 Å². The molecule has 1 aromatic carbocycles. The third-order valence-electron chi connectivity index (χ3n) is 3.30. The number of aryl methyl sites for hydroxylation is 3. The van der Waals surface area contributed by atoms with Gasteiger partial charge in [-0.05, 0) is 37.0 Å². The number of rotatable bonds is 3. The molecule has 0 amide bonds. The normalized spacial score (nSPS) is 12.7. The standard InChI is InChI=1S/C14H19N3/c1-10-5-4-6-11(2)12(10)7-13(15)14-8-16-9-17(14)3/h4-6,8-9,13H,7,15H2,1-3H3. The highest BCUT2D eigenvalue weighted by atomic mass is 15.0. The maximum atomic E-state index is 6.25. The van der Waals surface area contributed by atoms with Crippen LogP contribution in [0.2, 0.25) is 0 Å². The van der Waals surface area contributed by atoms with Crippen LogP contribution in [0.25, 0.3) is 0 Å². The van der Waals surface area contributed by atoms with Crippen LogP contribution in [-0.2, 0) is 13.5 Å². The molecule has 0 aliphatic heterocycles. The highest BCUT2D eigenvalue weighted by molar-refractivity contribution is 5.34. The molecule has 0 bridgehead atoms. The highest BCUT2D eigenvalue weighted by Gasteiger charge is 2.13. The van der Waals surface area contributed by atoms with Crippen LogP contribution in [0.15, 0.2) is 30.7 Å². The van der Waals surface area contributed by atoms with Crippen molar-refractivity contribution in [2.75, 3.05) is 0 Å². The first kappa shape index (κ1) is 11.9. The van der Waals surface area contributed by atoms with E-state index in [-0.39, 0.29) is 6.04 Å². The van der Waals surface area contributed by atoms with Gasteiger partial charge in [0, 0.05) is 13.2 Å². The molecule has 0 spiro atoms. The van der Waals surface area contributed by atoms with Crippen molar-refractivity contribution in [3.05, 3.63) is 53.1 Å². The van der Waals surface area contributed by atoms with Gasteiger partial charge in [0.25, 0.3) is 0 Å². The van der Waals surface area contributed by atoms with E-state index in [0.29, 0.717) is 0 Å². The van der Waals surface area contributed by atoms with Crippen LogP contribution in [0.3, 0.4) is 0 Å². The van der Waals surface area contributed by atoms with Crippen molar-refractivity contribution >= 4 is 0 Å². The number of nitrogens with two attached hydrogens (primary N) is 1. The van der Waals surface area contributed by atoms with Gasteiger partial charge in [-0.1, -0.05) is 18.2 Å². The minimum atomic E-state index is 0.00213. The molecule has 2 N–H and O–H groups in total. The van der Waals surface area contributed by atoms with Gasteiger partial charge in [-0.3, -0.25) is 0 Å². The summed E-state index contributed by atoms with van der Waals surface area (Å²) in [5, 5.41) is 0. The molecule has 90 valence electrons. The smallest absolute Gasteiger partial charge is 0.0946 e. The number of aromatic nitrogens is 2. The predicted octanol–water partition coefficient (Wildman–Crippen LogP) is 2.28. The number of benzene rings is 1. The molecule has 0 fully saturated rings. The summed E-state index contributed by atoms with van der Waals surface area (Å²) in [6.07, 6.45) is 4.50. The molecule has 0 saturated heterocycles. The molecule has 3 heteroatoms. The first-order valence-electron chi connectivity index (χ1n) is 5.86. The summed E-state index contributed by atoms with van der Waals surface area (Å²) in [6.45, 7) is 4.27. The lowest BCUT2D eigenvalue weighted by atomic mass is 9.96. The van der Waals surface area contributed by atoms with Crippen molar-refractivity contribution in [3.63, 3.8) is 0 Å². The second-order valence-electron chi connectivity index (χ2n) is 4.61. The molecular formula is C14H19N3. The fourth-order valence-corrected chi connectivity index (χ4v) is 2.22. The van der Waals surface area contributed by atoms with Gasteiger partial charge in [-0.15, -0.1) is 0 Å². The van der Waals surface area contributed by atoms with Crippen LogP contribution in [-0.4, -0.2) is 9.55 Å². The molecule has 2 rings (SSSR count). The molecule has 0 saturated carbocycles. The quantitative estimate of drug-likeness (QED) is 0.877. The van der Waals surface area contributed by atoms with E-state index in [9.17, 15) is 0 Å². The number of imidazole rings is 1. The first-order valence-corrected chi connectivity index (χ1v) is 5.86. The van der Waals surface area contributed by atoms with E-state index in [4.69, 9.17) is 5.73 Å². The SMILES string of the molecule is Cc1cccc(C)c1CC(N)c1cncn1C. The van der Waals surface area contributed by atoms with Crippen molar-refractivity contribution in [3.8, 4) is 0 Å². The van der Waals surface area contributed by atoms with Crippen molar-refractivity contribution in [1.82, 2.24) is 9.55 Å². The fourth-order valence-electron chi connectivity index (χ4n) is 2.22. The van der Waals surface area contributed by atoms with Gasteiger partial charge in [-0.25, -0.2) is 4.98 Å². The van der Waals surface area contributed by atoms with Gasteiger partial charge >= 0.3 is 0 Å². The maximum Gasteiger partial charge on any atom is 0.0946 e. The van der Waals surface area contributed by atoms with Gasteiger partial charge in [0.05, 0.1) is 18.1 Å². The van der Waals surface area contributed by atoms with Crippen LogP contribution in [0, 0.1) is 13.8 Å². The molecule has 17 heavy (non-hydrogen) atoms. The third-order valence-corrected chi connectivity index (χ3v) is 3.30. The molecular weight excluding hydrogens is 210 g/mol. The summed E-state index contributed by atoms with van der Waals surface area (Å²) >= 11 is 0. The second kappa shape index (κ2) is 4.72. The lowest BCUT2D eigenvalue weighted by molar-refractivity contribution is 0.652. The van der Waals surface area contributed by atoms with Crippen LogP contribution >= 0.6 is 0 Å². The minimum Gasteiger partial charge on any atom is -0.336 e. The Bertz CT molecular complexity index is 494. The summed E-state index contributed by atoms with van der Waals surface area (Å²) in [6, 6.07) is 6.36. The summed E-state index contributed by atoms with van der Waals surface area (Å²) < 4.78 is 1.98. The molecule has 3 nitrogen and oxygen atoms in total. The van der Waals surface area contributed by atoms with Crippen molar-refractivity contribution in [2.24, 2.45) is 12.8 Å². The third kappa shape index (κ3) is 2.39. The lowest BCUT2D eigenvalue weighted by Crippen LogP contribution is -2.17. The Kier molecular flexibility index (Phi) is 3.29. The zero-order valence-electron chi connectivity index (χ0n) is 10.6. The van der Waals surface area contributed by atoms with Crippen molar-refractivity contribution < 1.29 is 0 Å². The highest BCUT2D eigenvalue weighted by Crippen LogP contribution is 2.20. The van der Waals surface area contributed by atoms with Gasteiger partial charge in [-0.2, -0.15) is 0 Å². The Labute approximate surface area is 102 Å². The Morgan fingerprint density at radius 3 is 2.47 bits per heavy atom. The average molecular weight is 229 g/mol. The van der Waals surface area contributed by atoms with Crippen LogP contribution in [0.4, 0.5) is 0 Å². The summed E-state index contributed by atoms with van der Waals surface area (Å²) in [7, 11) is 1.98. The minimum absolute atomic E-state index is 0.00213. The van der Waals surface area contributed by atoms with Gasteiger partial charge in [0.1, 0.15) is 0 Å². The molecule has 0 aliphatic rings. The van der Waals surface area contributed by atoms with Crippen LogP contribution in [0.5, 0.6) is 0 Å². The zero-order valence-corrected chi connectivity index (χ0v) is 10.6. The van der Waals surface area contributed by atoms with Crippen molar-refractivity contribution in [2.45, 2.75) is 26.3 Å². The number of nitrogens with zero attached hydrogens (tertiary/aromatic N) is 2. The zero-order chi connectivity index (χ0) is 12.4. The molecule has 1 heterocycles. The topological polar surface area (TPSA) is 43.8 Å². The van der Waals surface area contributed by atoms with Gasteiger partial charge < -0.3 is 10.3 Å². The monoisotopic (exact) mass is 229 g/mol. The van der Waals surface area contributed by atoms with E-state index in [0.717, 1.165) is 12.1 Å². The Morgan fingerprint density at radius 1 is 1.29 bits per heavy atom. The fraction of sp³-hybridized carbons (Fsp3) is 0.357. The number of hydrogen-bond acceptors (Lipinski definition) is 2. The molecule has 1 atom stereocenters. The van der Waals surface area contributed by atoms with Crippen molar-refractivity contribution in [1.29, 1.82) is 0 Å². The Balaban J connectivity index is 2.25. The van der Waals surface area contributed by atoms with E-state index >= 15 is 0 Å². The number of hydrogen-bond donors (Lipinski definition) is 1. The Hall–Kier alpha value is -1.61. The molecule has 0 aliphatic carbocycles.